The molecule has 0 bridgehead atoms. The van der Waals surface area contributed by atoms with Gasteiger partial charge in [-0.1, -0.05) is 35.9 Å². The Morgan fingerprint density at radius 3 is 2.50 bits per heavy atom. The van der Waals surface area contributed by atoms with Crippen LogP contribution in [-0.4, -0.2) is 26.2 Å². The Morgan fingerprint density at radius 2 is 1.80 bits per heavy atom. The fraction of sp³-hybridized carbons (Fsp3) is 0.312. The monoisotopic (exact) mass is 289 g/mol. The van der Waals surface area contributed by atoms with E-state index in [1.807, 2.05) is 24.4 Å². The van der Waals surface area contributed by atoms with Crippen LogP contribution >= 0.6 is 11.6 Å². The number of halogens is 1. The van der Waals surface area contributed by atoms with Crippen LogP contribution in [0.25, 0.3) is 0 Å². The molecular formula is C16H20ClN3+2. The normalized spacial score (nSPS) is 16.4. The van der Waals surface area contributed by atoms with Crippen molar-refractivity contribution < 1.29 is 9.88 Å². The van der Waals surface area contributed by atoms with Gasteiger partial charge in [0.05, 0.1) is 6.20 Å². The van der Waals surface area contributed by atoms with Gasteiger partial charge >= 0.3 is 0 Å². The Balaban J connectivity index is 1.58. The number of aromatic nitrogens is 1. The average Bonchev–Trinajstić information content (AvgIpc) is 2.51. The maximum absolute atomic E-state index is 6.24. The van der Waals surface area contributed by atoms with Crippen molar-refractivity contribution in [1.29, 1.82) is 0 Å². The summed E-state index contributed by atoms with van der Waals surface area (Å²) >= 11 is 6.24. The van der Waals surface area contributed by atoms with Gasteiger partial charge in [0.25, 0.3) is 5.82 Å². The summed E-state index contributed by atoms with van der Waals surface area (Å²) < 4.78 is 0. The van der Waals surface area contributed by atoms with Crippen LogP contribution in [0.2, 0.25) is 5.02 Å². The lowest BCUT2D eigenvalue weighted by Crippen LogP contribution is -3.13. The van der Waals surface area contributed by atoms with Gasteiger partial charge in [0.1, 0.15) is 32.7 Å². The molecule has 1 aliphatic rings. The topological polar surface area (TPSA) is 21.8 Å². The van der Waals surface area contributed by atoms with Crippen LogP contribution in [0, 0.1) is 0 Å². The minimum atomic E-state index is 0.888. The minimum Gasteiger partial charge on any atom is -0.325 e. The van der Waals surface area contributed by atoms with Crippen molar-refractivity contribution >= 4 is 17.4 Å². The molecule has 20 heavy (non-hydrogen) atoms. The summed E-state index contributed by atoms with van der Waals surface area (Å²) in [6.07, 6.45) is 1.98. The van der Waals surface area contributed by atoms with Crippen LogP contribution in [0.1, 0.15) is 5.56 Å². The van der Waals surface area contributed by atoms with E-state index >= 15 is 0 Å². The molecule has 2 heterocycles. The molecule has 1 aromatic heterocycles. The van der Waals surface area contributed by atoms with Crippen molar-refractivity contribution in [2.24, 2.45) is 0 Å². The molecule has 0 radical (unpaired) electrons. The quantitative estimate of drug-likeness (QED) is 0.897. The number of H-pyrrole nitrogens is 1. The lowest BCUT2D eigenvalue weighted by molar-refractivity contribution is -0.914. The highest BCUT2D eigenvalue weighted by atomic mass is 35.5. The van der Waals surface area contributed by atoms with Crippen LogP contribution in [0.3, 0.4) is 0 Å². The van der Waals surface area contributed by atoms with E-state index in [4.69, 9.17) is 11.6 Å². The Morgan fingerprint density at radius 1 is 1.05 bits per heavy atom. The summed E-state index contributed by atoms with van der Waals surface area (Å²) in [5, 5.41) is 0.888. The molecular weight excluding hydrogens is 270 g/mol. The summed E-state index contributed by atoms with van der Waals surface area (Å²) in [4.78, 5) is 7.32. The standard InChI is InChI=1S/C16H18ClN3/c17-15-6-2-1-5-14(15)13-19-9-11-20(12-10-19)16-7-3-4-8-18-16/h1-8H,9-13H2/p+2. The Hall–Kier alpha value is -1.58. The molecule has 2 aromatic rings. The second-order valence-electron chi connectivity index (χ2n) is 5.25. The minimum absolute atomic E-state index is 0.888. The highest BCUT2D eigenvalue weighted by Crippen LogP contribution is 2.13. The van der Waals surface area contributed by atoms with E-state index in [2.05, 4.69) is 34.1 Å². The number of piperazine rings is 1. The third-order valence-electron chi connectivity index (χ3n) is 3.90. The van der Waals surface area contributed by atoms with Crippen molar-refractivity contribution in [2.75, 3.05) is 31.1 Å². The van der Waals surface area contributed by atoms with Gasteiger partial charge in [0, 0.05) is 16.7 Å². The fourth-order valence-corrected chi connectivity index (χ4v) is 2.93. The lowest BCUT2D eigenvalue weighted by Gasteiger charge is -2.28. The van der Waals surface area contributed by atoms with Gasteiger partial charge in [-0.2, -0.15) is 0 Å². The van der Waals surface area contributed by atoms with Crippen molar-refractivity contribution in [1.82, 2.24) is 0 Å². The number of quaternary nitrogens is 1. The molecule has 0 amide bonds. The number of rotatable bonds is 3. The van der Waals surface area contributed by atoms with E-state index < -0.39 is 0 Å². The molecule has 104 valence electrons. The molecule has 1 aliphatic heterocycles. The Labute approximate surface area is 124 Å². The summed E-state index contributed by atoms with van der Waals surface area (Å²) in [6.45, 7) is 5.48. The predicted molar refractivity (Wildman–Crippen MR) is 81.1 cm³/mol. The molecule has 4 heteroatoms. The Kier molecular flexibility index (Phi) is 4.19. The van der Waals surface area contributed by atoms with Crippen LogP contribution < -0.4 is 14.8 Å². The first-order valence-electron chi connectivity index (χ1n) is 7.11. The molecule has 0 unspecified atom stereocenters. The number of nitrogens with one attached hydrogen (secondary N) is 2. The molecule has 1 saturated heterocycles. The molecule has 3 rings (SSSR count). The highest BCUT2D eigenvalue weighted by Gasteiger charge is 2.26. The molecule has 0 saturated carbocycles. The van der Waals surface area contributed by atoms with Gasteiger partial charge in [0.2, 0.25) is 0 Å². The van der Waals surface area contributed by atoms with Gasteiger partial charge in [-0.3, -0.25) is 4.90 Å². The second-order valence-corrected chi connectivity index (χ2v) is 5.66. The Bertz CT molecular complexity index is 551. The molecule has 2 N–H and O–H groups in total. The predicted octanol–water partition coefficient (Wildman–Crippen LogP) is 1.06. The van der Waals surface area contributed by atoms with E-state index in [0.717, 1.165) is 37.7 Å². The molecule has 0 spiro atoms. The third kappa shape index (κ3) is 3.11. The largest absolute Gasteiger partial charge is 0.325 e. The van der Waals surface area contributed by atoms with E-state index in [-0.39, 0.29) is 0 Å². The van der Waals surface area contributed by atoms with Crippen molar-refractivity contribution in [3.05, 3.63) is 59.2 Å². The third-order valence-corrected chi connectivity index (χ3v) is 4.27. The lowest BCUT2D eigenvalue weighted by atomic mass is 10.2. The number of aromatic amines is 1. The molecule has 0 atom stereocenters. The summed E-state index contributed by atoms with van der Waals surface area (Å²) in [5.74, 6) is 1.21. The van der Waals surface area contributed by atoms with Crippen molar-refractivity contribution in [2.45, 2.75) is 6.54 Å². The SMILES string of the molecule is Clc1ccccc1C[NH+]1CCN(c2cccc[nH+]2)CC1. The zero-order valence-corrected chi connectivity index (χ0v) is 12.2. The first kappa shape index (κ1) is 13.4. The first-order valence-corrected chi connectivity index (χ1v) is 7.49. The maximum atomic E-state index is 6.24. The number of hydrogen-bond acceptors (Lipinski definition) is 1. The second kappa shape index (κ2) is 6.25. The van der Waals surface area contributed by atoms with E-state index in [0.29, 0.717) is 0 Å². The van der Waals surface area contributed by atoms with E-state index in [1.165, 1.54) is 11.4 Å². The molecule has 0 aliphatic carbocycles. The molecule has 1 fully saturated rings. The number of anilines is 1. The van der Waals surface area contributed by atoms with Crippen molar-refractivity contribution in [3.8, 4) is 0 Å². The average molecular weight is 290 g/mol. The van der Waals surface area contributed by atoms with E-state index in [9.17, 15) is 0 Å². The molecule has 3 nitrogen and oxygen atoms in total. The first-order chi connectivity index (χ1) is 9.83. The summed E-state index contributed by atoms with van der Waals surface area (Å²) in [5.41, 5.74) is 1.25. The van der Waals surface area contributed by atoms with E-state index in [1.54, 1.807) is 4.90 Å². The van der Waals surface area contributed by atoms with Gasteiger partial charge in [0.15, 0.2) is 0 Å². The summed E-state index contributed by atoms with van der Waals surface area (Å²) in [6, 6.07) is 14.4. The van der Waals surface area contributed by atoms with Crippen LogP contribution in [-0.2, 0) is 6.54 Å². The van der Waals surface area contributed by atoms with Gasteiger partial charge in [-0.15, -0.1) is 0 Å². The zero-order valence-electron chi connectivity index (χ0n) is 11.5. The van der Waals surface area contributed by atoms with Crippen molar-refractivity contribution in [3.63, 3.8) is 0 Å². The van der Waals surface area contributed by atoms with Gasteiger partial charge in [-0.25, -0.2) is 4.98 Å². The number of hydrogen-bond donors (Lipinski definition) is 1. The molecule has 1 aromatic carbocycles. The highest BCUT2D eigenvalue weighted by molar-refractivity contribution is 6.31. The van der Waals surface area contributed by atoms with Gasteiger partial charge < -0.3 is 4.90 Å². The number of pyridine rings is 1. The zero-order chi connectivity index (χ0) is 13.8. The van der Waals surface area contributed by atoms with Crippen LogP contribution in [0.15, 0.2) is 48.7 Å². The smallest absolute Gasteiger partial charge is 0.274 e. The summed E-state index contributed by atoms with van der Waals surface area (Å²) in [7, 11) is 0. The maximum Gasteiger partial charge on any atom is 0.274 e. The number of benzene rings is 1. The number of nitrogens with zero attached hydrogens (tertiary/aromatic N) is 1. The van der Waals surface area contributed by atoms with Gasteiger partial charge in [-0.05, 0) is 12.1 Å². The van der Waals surface area contributed by atoms with Crippen LogP contribution in [0.5, 0.6) is 0 Å². The fourth-order valence-electron chi connectivity index (χ4n) is 2.73. The van der Waals surface area contributed by atoms with Crippen LogP contribution in [0.4, 0.5) is 5.82 Å².